The highest BCUT2D eigenvalue weighted by Crippen LogP contribution is 2.32. The minimum atomic E-state index is -2.90. The fourth-order valence-corrected chi connectivity index (χ4v) is 1.80. The van der Waals surface area contributed by atoms with Crippen molar-refractivity contribution in [3.8, 4) is 5.75 Å². The first-order chi connectivity index (χ1) is 6.93. The molecule has 0 saturated carbocycles. The van der Waals surface area contributed by atoms with Crippen LogP contribution in [0.5, 0.6) is 5.75 Å². The number of ether oxygens (including phenoxy) is 1. The summed E-state index contributed by atoms with van der Waals surface area (Å²) in [7, 11) is 0. The Morgan fingerprint density at radius 2 is 2.07 bits per heavy atom. The standard InChI is InChI=1S/C10H9BrF2O2/c1-5-7(6(2)14)3-4-8(11)9(5)15-10(12)13/h3-4,10H,1-2H3. The second-order valence-electron chi connectivity index (χ2n) is 2.98. The Labute approximate surface area is 94.4 Å². The molecule has 0 aromatic heterocycles. The van der Waals surface area contributed by atoms with Gasteiger partial charge in [0.05, 0.1) is 4.47 Å². The predicted molar refractivity (Wildman–Crippen MR) is 55.5 cm³/mol. The fraction of sp³-hybridized carbons (Fsp3) is 0.300. The number of halogens is 3. The van der Waals surface area contributed by atoms with Crippen molar-refractivity contribution in [1.82, 2.24) is 0 Å². The highest BCUT2D eigenvalue weighted by molar-refractivity contribution is 9.10. The summed E-state index contributed by atoms with van der Waals surface area (Å²) in [5, 5.41) is 0. The summed E-state index contributed by atoms with van der Waals surface area (Å²) in [6, 6.07) is 3.08. The van der Waals surface area contributed by atoms with Crippen LogP contribution in [0.4, 0.5) is 8.78 Å². The minimum absolute atomic E-state index is 0.0118. The van der Waals surface area contributed by atoms with Crippen LogP contribution in [0.15, 0.2) is 16.6 Å². The summed E-state index contributed by atoms with van der Waals surface area (Å²) in [4.78, 5) is 11.2. The van der Waals surface area contributed by atoms with E-state index in [2.05, 4.69) is 20.7 Å². The van der Waals surface area contributed by atoms with Gasteiger partial charge in [-0.1, -0.05) is 0 Å². The zero-order valence-electron chi connectivity index (χ0n) is 8.18. The molecule has 82 valence electrons. The summed E-state index contributed by atoms with van der Waals surface area (Å²) in [6.07, 6.45) is 0. The SMILES string of the molecule is CC(=O)c1ccc(Br)c(OC(F)F)c1C. The maximum atomic E-state index is 12.1. The third-order valence-corrected chi connectivity index (χ3v) is 2.57. The van der Waals surface area contributed by atoms with Crippen LogP contribution in [0.3, 0.4) is 0 Å². The zero-order valence-corrected chi connectivity index (χ0v) is 9.77. The monoisotopic (exact) mass is 278 g/mol. The van der Waals surface area contributed by atoms with Gasteiger partial charge in [0.15, 0.2) is 5.78 Å². The minimum Gasteiger partial charge on any atom is -0.433 e. The van der Waals surface area contributed by atoms with E-state index >= 15 is 0 Å². The molecule has 0 atom stereocenters. The van der Waals surface area contributed by atoms with E-state index in [1.54, 1.807) is 13.0 Å². The molecular formula is C10H9BrF2O2. The lowest BCUT2D eigenvalue weighted by Gasteiger charge is -2.12. The molecule has 0 amide bonds. The second kappa shape index (κ2) is 4.70. The maximum absolute atomic E-state index is 12.1. The second-order valence-corrected chi connectivity index (χ2v) is 3.84. The van der Waals surface area contributed by atoms with Gasteiger partial charge in [-0.3, -0.25) is 4.79 Å². The number of rotatable bonds is 3. The Morgan fingerprint density at radius 3 is 2.53 bits per heavy atom. The molecule has 0 radical (unpaired) electrons. The van der Waals surface area contributed by atoms with Crippen LogP contribution in [0, 0.1) is 6.92 Å². The van der Waals surface area contributed by atoms with Crippen molar-refractivity contribution in [2.24, 2.45) is 0 Å². The van der Waals surface area contributed by atoms with Crippen LogP contribution in [0.25, 0.3) is 0 Å². The van der Waals surface area contributed by atoms with Crippen LogP contribution in [-0.4, -0.2) is 12.4 Å². The summed E-state index contributed by atoms with van der Waals surface area (Å²) >= 11 is 3.09. The first kappa shape index (κ1) is 12.1. The lowest BCUT2D eigenvalue weighted by molar-refractivity contribution is -0.0508. The van der Waals surface area contributed by atoms with Gasteiger partial charge < -0.3 is 4.74 Å². The average molecular weight is 279 g/mol. The van der Waals surface area contributed by atoms with E-state index in [0.29, 0.717) is 15.6 Å². The number of hydrogen-bond acceptors (Lipinski definition) is 2. The van der Waals surface area contributed by atoms with E-state index in [0.717, 1.165) is 0 Å². The largest absolute Gasteiger partial charge is 0.433 e. The van der Waals surface area contributed by atoms with Crippen LogP contribution < -0.4 is 4.74 Å². The number of benzene rings is 1. The van der Waals surface area contributed by atoms with E-state index in [9.17, 15) is 13.6 Å². The van der Waals surface area contributed by atoms with Gasteiger partial charge in [-0.15, -0.1) is 0 Å². The number of carbonyl (C=O) groups excluding carboxylic acids is 1. The molecule has 0 bridgehead atoms. The van der Waals surface area contributed by atoms with Gasteiger partial charge in [-0.05, 0) is 41.9 Å². The fourth-order valence-electron chi connectivity index (χ4n) is 1.27. The Morgan fingerprint density at radius 1 is 1.47 bits per heavy atom. The number of hydrogen-bond donors (Lipinski definition) is 0. The van der Waals surface area contributed by atoms with Crippen molar-refractivity contribution in [3.05, 3.63) is 27.7 Å². The van der Waals surface area contributed by atoms with Gasteiger partial charge in [0.1, 0.15) is 5.75 Å². The summed E-state index contributed by atoms with van der Waals surface area (Å²) in [5.41, 5.74) is 0.797. The molecule has 0 aliphatic heterocycles. The number of alkyl halides is 2. The van der Waals surface area contributed by atoms with Gasteiger partial charge >= 0.3 is 6.61 Å². The third kappa shape index (κ3) is 2.75. The lowest BCUT2D eigenvalue weighted by atomic mass is 10.1. The van der Waals surface area contributed by atoms with Gasteiger partial charge in [0, 0.05) is 11.1 Å². The van der Waals surface area contributed by atoms with Crippen LogP contribution in [0.1, 0.15) is 22.8 Å². The third-order valence-electron chi connectivity index (χ3n) is 1.94. The first-order valence-corrected chi connectivity index (χ1v) is 4.97. The quantitative estimate of drug-likeness (QED) is 0.791. The van der Waals surface area contributed by atoms with Gasteiger partial charge in [0.25, 0.3) is 0 Å². The Kier molecular flexibility index (Phi) is 3.79. The molecule has 5 heteroatoms. The van der Waals surface area contributed by atoms with Crippen molar-refractivity contribution >= 4 is 21.7 Å². The van der Waals surface area contributed by atoms with E-state index in [4.69, 9.17) is 0 Å². The molecular weight excluding hydrogens is 270 g/mol. The summed E-state index contributed by atoms with van der Waals surface area (Å²) in [5.74, 6) is -0.170. The van der Waals surface area contributed by atoms with Crippen LogP contribution in [0.2, 0.25) is 0 Å². The molecule has 0 N–H and O–H groups in total. The van der Waals surface area contributed by atoms with Crippen molar-refractivity contribution < 1.29 is 18.3 Å². The Hall–Kier alpha value is -0.970. The van der Waals surface area contributed by atoms with E-state index in [1.165, 1.54) is 13.0 Å². The van der Waals surface area contributed by atoms with Gasteiger partial charge in [0.2, 0.25) is 0 Å². The molecule has 1 aromatic carbocycles. The molecule has 1 rings (SSSR count). The molecule has 0 spiro atoms. The van der Waals surface area contributed by atoms with Crippen molar-refractivity contribution in [1.29, 1.82) is 0 Å². The van der Waals surface area contributed by atoms with Crippen molar-refractivity contribution in [3.63, 3.8) is 0 Å². The van der Waals surface area contributed by atoms with Crippen LogP contribution in [-0.2, 0) is 0 Å². The normalized spacial score (nSPS) is 10.5. The average Bonchev–Trinajstić information content (AvgIpc) is 2.11. The number of ketones is 1. The molecule has 0 aliphatic carbocycles. The zero-order chi connectivity index (χ0) is 11.6. The molecule has 0 heterocycles. The van der Waals surface area contributed by atoms with Crippen molar-refractivity contribution in [2.75, 3.05) is 0 Å². The smallest absolute Gasteiger partial charge is 0.387 e. The maximum Gasteiger partial charge on any atom is 0.387 e. The van der Waals surface area contributed by atoms with Crippen molar-refractivity contribution in [2.45, 2.75) is 20.5 Å². The number of Topliss-reactive ketones (excluding diaryl/α,β-unsaturated/α-hetero) is 1. The predicted octanol–water partition coefficient (Wildman–Crippen LogP) is 3.56. The molecule has 0 aliphatic rings. The highest BCUT2D eigenvalue weighted by atomic mass is 79.9. The molecule has 1 aromatic rings. The Bertz CT molecular complexity index is 391. The van der Waals surface area contributed by atoms with E-state index in [1.807, 2.05) is 0 Å². The van der Waals surface area contributed by atoms with Gasteiger partial charge in [-0.2, -0.15) is 8.78 Å². The molecule has 2 nitrogen and oxygen atoms in total. The van der Waals surface area contributed by atoms with Crippen LogP contribution >= 0.6 is 15.9 Å². The topological polar surface area (TPSA) is 26.3 Å². The molecule has 0 unspecified atom stereocenters. The Balaban J connectivity index is 3.24. The lowest BCUT2D eigenvalue weighted by Crippen LogP contribution is -2.06. The summed E-state index contributed by atoms with van der Waals surface area (Å²) < 4.78 is 28.9. The molecule has 0 saturated heterocycles. The number of carbonyl (C=O) groups is 1. The molecule has 15 heavy (non-hydrogen) atoms. The first-order valence-electron chi connectivity index (χ1n) is 4.18. The highest BCUT2D eigenvalue weighted by Gasteiger charge is 2.15. The summed E-state index contributed by atoms with van der Waals surface area (Å²) in [6.45, 7) is 0.0453. The molecule has 0 fully saturated rings. The van der Waals surface area contributed by atoms with Gasteiger partial charge in [-0.25, -0.2) is 0 Å². The van der Waals surface area contributed by atoms with E-state index < -0.39 is 6.61 Å². The van der Waals surface area contributed by atoms with E-state index in [-0.39, 0.29) is 11.5 Å².